The van der Waals surface area contributed by atoms with Gasteiger partial charge in [0.25, 0.3) is 0 Å². The highest BCUT2D eigenvalue weighted by Gasteiger charge is 2.26. The maximum Gasteiger partial charge on any atom is 0.320 e. The van der Waals surface area contributed by atoms with Crippen LogP contribution in [0.15, 0.2) is 72.9 Å². The number of sulfonamides is 1. The molecule has 1 saturated heterocycles. The maximum atomic E-state index is 13.1. The Morgan fingerprint density at radius 3 is 2.37 bits per heavy atom. The fourth-order valence-electron chi connectivity index (χ4n) is 4.55. The van der Waals surface area contributed by atoms with Gasteiger partial charge in [0, 0.05) is 37.2 Å². The quantitative estimate of drug-likeness (QED) is 0.264. The largest absolute Gasteiger partial charge is 0.490 e. The van der Waals surface area contributed by atoms with Crippen molar-refractivity contribution in [3.05, 3.63) is 84.1 Å². The monoisotopic (exact) mass is 536 g/mol. The van der Waals surface area contributed by atoms with Crippen LogP contribution in [0, 0.1) is 5.41 Å². The number of hydrogen-bond donors (Lipinski definition) is 3. The molecule has 10 heteroatoms. The predicted molar refractivity (Wildman–Crippen MR) is 149 cm³/mol. The van der Waals surface area contributed by atoms with Crippen molar-refractivity contribution in [3.63, 3.8) is 0 Å². The number of ether oxygens (including phenoxy) is 1. The highest BCUT2D eigenvalue weighted by Crippen LogP contribution is 2.28. The lowest BCUT2D eigenvalue weighted by atomic mass is 10.0. The highest BCUT2D eigenvalue weighted by atomic mass is 32.2. The van der Waals surface area contributed by atoms with Crippen molar-refractivity contribution in [2.24, 2.45) is 5.73 Å². The fourth-order valence-corrected chi connectivity index (χ4v) is 5.81. The van der Waals surface area contributed by atoms with Crippen molar-refractivity contribution in [2.75, 3.05) is 23.1 Å². The Labute approximate surface area is 222 Å². The van der Waals surface area contributed by atoms with Crippen molar-refractivity contribution in [2.45, 2.75) is 32.4 Å². The van der Waals surface area contributed by atoms with Crippen molar-refractivity contribution in [3.8, 4) is 5.75 Å². The molecular formula is C28H32N4O5S. The Hall–Kier alpha value is -4.05. The van der Waals surface area contributed by atoms with Crippen LogP contribution < -0.4 is 14.8 Å². The molecular weight excluding hydrogens is 504 g/mol. The molecule has 1 aliphatic heterocycles. The van der Waals surface area contributed by atoms with E-state index >= 15 is 0 Å². The number of nitrogens with one attached hydrogen (secondary N) is 1. The molecule has 0 unspecified atom stereocenters. The van der Waals surface area contributed by atoms with Crippen LogP contribution in [-0.4, -0.2) is 55.2 Å². The third-order valence-electron chi connectivity index (χ3n) is 6.59. The molecule has 3 aromatic carbocycles. The SMILES string of the molecule is C=C(C)N1CCC(Oc2ccc(N(Cc3ccc4ccc(C(=N)N)cc4c3)S(=O)(=O)CC(=O)O)cc2)CC1. The summed E-state index contributed by atoms with van der Waals surface area (Å²) in [5, 5.41) is 18.6. The minimum atomic E-state index is -4.18. The Bertz CT molecular complexity index is 1460. The molecule has 1 aliphatic rings. The van der Waals surface area contributed by atoms with E-state index in [4.69, 9.17) is 15.9 Å². The molecule has 1 fully saturated rings. The summed E-state index contributed by atoms with van der Waals surface area (Å²) in [6.45, 7) is 7.67. The standard InChI is InChI=1S/C28H32N4O5S/c1-19(2)31-13-11-26(12-14-31)37-25-9-7-24(8-10-25)32(38(35,36)18-27(33)34)17-20-3-4-21-5-6-22(28(29)30)16-23(21)15-20/h3-10,15-16,26H,1,11-14,17-18H2,2H3,(H3,29,30)(H,33,34). The number of nitrogens with two attached hydrogens (primary N) is 1. The first-order valence-corrected chi connectivity index (χ1v) is 13.9. The molecule has 0 bridgehead atoms. The summed E-state index contributed by atoms with van der Waals surface area (Å²) in [6.07, 6.45) is 1.78. The molecule has 0 aliphatic carbocycles. The molecule has 0 amide bonds. The number of nitrogens with zero attached hydrogens (tertiary/aromatic N) is 2. The van der Waals surface area contributed by atoms with Crippen LogP contribution in [0.4, 0.5) is 5.69 Å². The number of piperidine rings is 1. The van der Waals surface area contributed by atoms with Gasteiger partial charge in [0.05, 0.1) is 12.2 Å². The van der Waals surface area contributed by atoms with Crippen LogP contribution in [-0.2, 0) is 21.4 Å². The first-order valence-electron chi connectivity index (χ1n) is 12.3. The van der Waals surface area contributed by atoms with Gasteiger partial charge in [-0.05, 0) is 59.7 Å². The number of amidine groups is 1. The van der Waals surface area contributed by atoms with Gasteiger partial charge in [0.2, 0.25) is 10.0 Å². The molecule has 4 rings (SSSR count). The number of carboxylic acids is 1. The average Bonchev–Trinajstić information content (AvgIpc) is 2.87. The number of fused-ring (bicyclic) bond motifs is 1. The second kappa shape index (κ2) is 11.1. The Morgan fingerprint density at radius 2 is 1.76 bits per heavy atom. The number of anilines is 1. The molecule has 0 spiro atoms. The number of likely N-dealkylation sites (tertiary alicyclic amines) is 1. The average molecular weight is 537 g/mol. The van der Waals surface area contributed by atoms with E-state index in [1.165, 1.54) is 0 Å². The number of rotatable bonds is 10. The van der Waals surface area contributed by atoms with Gasteiger partial charge >= 0.3 is 5.97 Å². The van der Waals surface area contributed by atoms with Gasteiger partial charge in [-0.3, -0.25) is 14.5 Å². The lowest BCUT2D eigenvalue weighted by Gasteiger charge is -2.33. The number of carbonyl (C=O) groups is 1. The molecule has 3 aromatic rings. The minimum Gasteiger partial charge on any atom is -0.490 e. The maximum absolute atomic E-state index is 13.1. The van der Waals surface area contributed by atoms with E-state index < -0.39 is 21.7 Å². The summed E-state index contributed by atoms with van der Waals surface area (Å²) in [5.74, 6) is -1.90. The lowest BCUT2D eigenvalue weighted by Crippen LogP contribution is -2.37. The van der Waals surface area contributed by atoms with Crippen molar-refractivity contribution in [1.82, 2.24) is 4.90 Å². The normalized spacial score (nSPS) is 14.3. The van der Waals surface area contributed by atoms with Crippen molar-refractivity contribution < 1.29 is 23.1 Å². The van der Waals surface area contributed by atoms with E-state index in [0.29, 0.717) is 22.6 Å². The van der Waals surface area contributed by atoms with Crippen LogP contribution in [0.5, 0.6) is 5.75 Å². The number of nitrogen functional groups attached to an aromatic ring is 1. The smallest absolute Gasteiger partial charge is 0.320 e. The van der Waals surface area contributed by atoms with Gasteiger partial charge in [0.1, 0.15) is 17.7 Å². The molecule has 0 aromatic heterocycles. The Morgan fingerprint density at radius 1 is 1.11 bits per heavy atom. The van der Waals surface area contributed by atoms with Crippen LogP contribution in [0.1, 0.15) is 30.9 Å². The zero-order valence-corrected chi connectivity index (χ0v) is 22.1. The van der Waals surface area contributed by atoms with Gasteiger partial charge in [-0.1, -0.05) is 30.8 Å². The summed E-state index contributed by atoms with van der Waals surface area (Å²) in [5.41, 5.74) is 8.22. The molecule has 4 N–H and O–H groups in total. The van der Waals surface area contributed by atoms with E-state index in [2.05, 4.69) is 11.5 Å². The van der Waals surface area contributed by atoms with Crippen LogP contribution in [0.25, 0.3) is 10.8 Å². The summed E-state index contributed by atoms with van der Waals surface area (Å²) < 4.78 is 33.4. The fraction of sp³-hybridized carbons (Fsp3) is 0.286. The number of benzene rings is 3. The topological polar surface area (TPSA) is 137 Å². The molecule has 9 nitrogen and oxygen atoms in total. The molecule has 0 atom stereocenters. The van der Waals surface area contributed by atoms with E-state index in [9.17, 15) is 18.3 Å². The predicted octanol–water partition coefficient (Wildman–Crippen LogP) is 3.92. The van der Waals surface area contributed by atoms with Gasteiger partial charge in [0.15, 0.2) is 5.75 Å². The first-order chi connectivity index (χ1) is 18.0. The second-order valence-corrected chi connectivity index (χ2v) is 11.4. The highest BCUT2D eigenvalue weighted by molar-refractivity contribution is 7.93. The molecule has 0 radical (unpaired) electrons. The first kappa shape index (κ1) is 27.0. The third kappa shape index (κ3) is 6.44. The molecule has 1 heterocycles. The lowest BCUT2D eigenvalue weighted by molar-refractivity contribution is -0.134. The van der Waals surface area contributed by atoms with Gasteiger partial charge < -0.3 is 20.5 Å². The summed E-state index contributed by atoms with van der Waals surface area (Å²) in [4.78, 5) is 13.6. The van der Waals surface area contributed by atoms with E-state index in [-0.39, 0.29) is 18.5 Å². The van der Waals surface area contributed by atoms with Gasteiger partial charge in [-0.2, -0.15) is 0 Å². The van der Waals surface area contributed by atoms with Crippen molar-refractivity contribution in [1.29, 1.82) is 5.41 Å². The zero-order chi connectivity index (χ0) is 27.4. The number of aliphatic carboxylic acids is 1. The Balaban J connectivity index is 1.57. The zero-order valence-electron chi connectivity index (χ0n) is 21.3. The van der Waals surface area contributed by atoms with E-state index in [1.54, 1.807) is 42.5 Å². The third-order valence-corrected chi connectivity index (χ3v) is 8.22. The summed E-state index contributed by atoms with van der Waals surface area (Å²) >= 11 is 0. The number of carboxylic acid groups (broad SMARTS) is 1. The Kier molecular flexibility index (Phi) is 7.91. The van der Waals surface area contributed by atoms with Crippen LogP contribution >= 0.6 is 0 Å². The van der Waals surface area contributed by atoms with E-state index in [1.807, 2.05) is 25.1 Å². The summed E-state index contributed by atoms with van der Waals surface area (Å²) in [6, 6.07) is 17.5. The number of allylic oxidation sites excluding steroid dienone is 1. The molecule has 38 heavy (non-hydrogen) atoms. The summed E-state index contributed by atoms with van der Waals surface area (Å²) in [7, 11) is -4.18. The molecule has 0 saturated carbocycles. The molecule has 200 valence electrons. The minimum absolute atomic E-state index is 0.0563. The van der Waals surface area contributed by atoms with Gasteiger partial charge in [-0.25, -0.2) is 8.42 Å². The van der Waals surface area contributed by atoms with Gasteiger partial charge in [-0.15, -0.1) is 0 Å². The van der Waals surface area contributed by atoms with Crippen molar-refractivity contribution >= 4 is 38.3 Å². The second-order valence-electron chi connectivity index (χ2n) is 9.50. The van der Waals surface area contributed by atoms with Crippen LogP contribution in [0.2, 0.25) is 0 Å². The van der Waals surface area contributed by atoms with Crippen LogP contribution in [0.3, 0.4) is 0 Å². The number of hydrogen-bond acceptors (Lipinski definition) is 6. The van der Waals surface area contributed by atoms with E-state index in [0.717, 1.165) is 46.7 Å².